The van der Waals surface area contributed by atoms with Crippen LogP contribution in [0.15, 0.2) is 48.1 Å². The predicted octanol–water partition coefficient (Wildman–Crippen LogP) is 13.0. The van der Waals surface area contributed by atoms with Crippen LogP contribution in [0, 0.1) is 58.7 Å². The lowest BCUT2D eigenvalue weighted by Gasteiger charge is -2.43. The lowest BCUT2D eigenvalue weighted by Crippen LogP contribution is -2.45. The number of H-pyrrole nitrogens is 1. The molecule has 3 aliphatic heterocycles. The number of allylic oxidation sites excluding steroid dienone is 3. The number of hydrogen-bond donors (Lipinski definition) is 11. The highest BCUT2D eigenvalue weighted by Gasteiger charge is 2.42. The van der Waals surface area contributed by atoms with Crippen molar-refractivity contribution in [2.45, 2.75) is 301 Å². The molecule has 41 heteroatoms. The molecule has 3 saturated heterocycles. The molecule has 40 nitrogen and oxygen atoms in total. The van der Waals surface area contributed by atoms with E-state index in [1.165, 1.54) is 7.11 Å². The molecular formula is C104H203N13O27P-. The molecule has 7 unspecified atom stereocenters. The first-order chi connectivity index (χ1) is 68.5. The first-order valence-corrected chi connectivity index (χ1v) is 54.8. The molecule has 20 N–H and O–H groups in total. The van der Waals surface area contributed by atoms with Crippen LogP contribution in [0.5, 0.6) is 0 Å². The molecule has 4 rings (SSSR count). The van der Waals surface area contributed by atoms with E-state index in [0.717, 1.165) is 32.1 Å². The van der Waals surface area contributed by atoms with Crippen LogP contribution in [0.25, 0.3) is 0 Å². The van der Waals surface area contributed by atoms with Gasteiger partial charge in [0.1, 0.15) is 28.9 Å². The number of aromatic nitrogens is 3. The minimum absolute atomic E-state index is 0. The highest BCUT2D eigenvalue weighted by Crippen LogP contribution is 2.40. The smallest absolute Gasteiger partial charge is 0.222 e. The largest absolute Gasteiger partial charge is 0.789 e. The van der Waals surface area contributed by atoms with Crippen molar-refractivity contribution in [1.29, 1.82) is 0 Å². The summed E-state index contributed by atoms with van der Waals surface area (Å²) in [5.74, 6) is 4.49. The summed E-state index contributed by atoms with van der Waals surface area (Å²) in [6.45, 7) is 44.0. The highest BCUT2D eigenvalue weighted by molar-refractivity contribution is 7.57. The Morgan fingerprint density at radius 3 is 0.897 bits per heavy atom. The molecule has 0 aliphatic carbocycles. The van der Waals surface area contributed by atoms with Gasteiger partial charge in [0.05, 0.1) is 209 Å². The van der Waals surface area contributed by atoms with Crippen LogP contribution >= 0.6 is 7.57 Å². The van der Waals surface area contributed by atoms with Gasteiger partial charge in [-0.1, -0.05) is 109 Å². The summed E-state index contributed by atoms with van der Waals surface area (Å²) >= 11 is 0. The molecule has 0 bridgehead atoms. The summed E-state index contributed by atoms with van der Waals surface area (Å²) in [6, 6.07) is 0. The van der Waals surface area contributed by atoms with Gasteiger partial charge in [-0.2, -0.15) is 15.4 Å². The summed E-state index contributed by atoms with van der Waals surface area (Å²) in [7, 11) is -1.61. The summed E-state index contributed by atoms with van der Waals surface area (Å²) in [5.41, 5.74) is 19.7. The Labute approximate surface area is 870 Å². The summed E-state index contributed by atoms with van der Waals surface area (Å²) in [5, 5.41) is 21.7. The van der Waals surface area contributed by atoms with E-state index in [-0.39, 0.29) is 149 Å². The second-order valence-corrected chi connectivity index (χ2v) is 39.3. The maximum Gasteiger partial charge on any atom is 0.222 e. The molecule has 0 saturated carbocycles. The van der Waals surface area contributed by atoms with Crippen LogP contribution < -0.4 is 61.8 Å². The Balaban J connectivity index is 0. The van der Waals surface area contributed by atoms with Gasteiger partial charge in [0.15, 0.2) is 18.9 Å². The molecule has 852 valence electrons. The van der Waals surface area contributed by atoms with Gasteiger partial charge in [-0.15, -0.1) is 0 Å². The molecule has 145 heavy (non-hydrogen) atoms. The molecule has 3 fully saturated rings. The van der Waals surface area contributed by atoms with Crippen molar-refractivity contribution in [3.63, 3.8) is 0 Å². The molecule has 1 amide bonds. The first kappa shape index (κ1) is 141. The monoisotopic (exact) mass is 2100 g/mol. The van der Waals surface area contributed by atoms with Crippen molar-refractivity contribution in [3.05, 3.63) is 48.1 Å². The number of nitrogens with one attached hydrogen (secondary N) is 5. The number of ketones is 5. The van der Waals surface area contributed by atoms with Crippen molar-refractivity contribution in [1.82, 2.24) is 55.1 Å². The van der Waals surface area contributed by atoms with Gasteiger partial charge in [0.2, 0.25) is 5.91 Å². The number of Topliss-reactive ketones (excluding diaryl/α,β-unsaturated/α-hetero) is 5. The number of carbonyl (C=O) groups is 6. The van der Waals surface area contributed by atoms with Crippen molar-refractivity contribution < 1.29 is 128 Å². The number of hydrogen-bond acceptors (Lipinski definition) is 38. The molecule has 16 atom stereocenters. The lowest BCUT2D eigenvalue weighted by molar-refractivity contribution is -0.251. The molecular weight excluding hydrogens is 1890 g/mol. The molecule has 0 aromatic carbocycles. The van der Waals surface area contributed by atoms with Crippen molar-refractivity contribution in [2.75, 3.05) is 218 Å². The van der Waals surface area contributed by atoms with Crippen LogP contribution in [0.4, 0.5) is 0 Å². The molecule has 0 spiro atoms. The molecule has 0 radical (unpaired) electrons. The maximum atomic E-state index is 13.0. The number of nitrogens with two attached hydrogens (primary N) is 3. The van der Waals surface area contributed by atoms with E-state index in [1.807, 2.05) is 6.92 Å². The van der Waals surface area contributed by atoms with Crippen molar-refractivity contribution in [3.8, 4) is 0 Å². The van der Waals surface area contributed by atoms with Gasteiger partial charge in [-0.25, -0.2) is 0 Å². The zero-order valence-electron chi connectivity index (χ0n) is 92.0. The minimum atomic E-state index is -2.92. The lowest BCUT2D eigenvalue weighted by atomic mass is 9.78. The van der Waals surface area contributed by atoms with E-state index < -0.39 is 13.0 Å². The SMILES string of the molecule is C=P([O-])(OC)OCC.CCC1O[C@H](OCCOCCOCCOCCN/C=C(\N)CCC(=O)CCCCCC(=O)CCOCC(CC)(COCCC(=O)CCCCCC(=O)CC/C(N)=C/NCCOCCOCCOCCO[C@H]2OC(CC)[C@@H](C)[C@H](C)C2C)COCCC(=O)NCCCCC(=O)CC/C(N)=C/NCCOCCOCCOCCO[C@H]2OC(CC)[C@@H](C)[C@H](C)C2C)C(C)[C@@H](C)[C@@H]1C.N.N.N.c1cn[nH]n1. The number of carbonyl (C=O) groups excluding carboxylic acids is 6. The zero-order chi connectivity index (χ0) is 104. The van der Waals surface area contributed by atoms with E-state index in [4.69, 9.17) is 102 Å². The fourth-order valence-corrected chi connectivity index (χ4v) is 16.6. The van der Waals surface area contributed by atoms with E-state index in [1.54, 1.807) is 37.9 Å². The molecule has 1 aromatic heterocycles. The first-order valence-electron chi connectivity index (χ1n) is 53.1. The maximum absolute atomic E-state index is 13.0. The quantitative estimate of drug-likeness (QED) is 0.0213. The Kier molecular flexibility index (Phi) is 89.7. The number of nitrogens with zero attached hydrogens (tertiary/aromatic N) is 2. The van der Waals surface area contributed by atoms with Gasteiger partial charge in [0, 0.05) is 177 Å². The topological polar surface area (TPSA) is 583 Å². The summed E-state index contributed by atoms with van der Waals surface area (Å²) in [6.07, 6.45) is 25.6. The van der Waals surface area contributed by atoms with E-state index >= 15 is 0 Å². The standard InChI is InChI=1S/C98H181N7O24.C4H10O3P.C2H3N3.3H3N/c1-14-91-77(8)74(5)80(11)95(127-91)124-65-62-118-59-56-115-53-50-112-47-41-102-68-83(99)31-34-86(106)26-20-18-22-28-89(109)37-44-121-71-98(17-4,72-122-45-38-90(110)29-23-19-21-27-87(107)35-32-84(100)69-103-42-48-113-51-54-116-57-60-119-63-66-125-96-81(12)75(6)78(9)92(15-2)128-96)73-123-46-39-94(111)105-40-25-24-30-88(108)36-33-85(101)70-104-43-49-114-52-55-117-58-61-120-64-67-126-97-82(13)76(7)79(10)93(16-3)129-97;1-4-7-8(3,5)6-2;1-2-4-5-3-1;;;/h68-70,74-82,91-93,95-97,102-104H,14-67,71-73,99-101H2,1-13H3,(H,105,111);3-4H2,1-2H3;1-2H,(H,3,4,5);3*1H3/q;-1;;;;/b83-68-,84-69-,85-70-;;;;;/t74-,75-,76-,77-,78-,79-,80?,81?,82?,91?,92?,93?,95-,96-,97-,98?;;;;;/m0...../s1. The van der Waals surface area contributed by atoms with Gasteiger partial charge in [0.25, 0.3) is 0 Å². The minimum Gasteiger partial charge on any atom is -0.789 e. The fraction of sp³-hybridized carbons (Fsp3) is 0.856. The number of unbranched alkanes of at least 4 members (excludes halogenated alkanes) is 5. The van der Waals surface area contributed by atoms with Crippen LogP contribution in [-0.4, -0.2) is 312 Å². The average Bonchev–Trinajstić information content (AvgIpc) is 0.953. The highest BCUT2D eigenvalue weighted by atomic mass is 31.2. The summed E-state index contributed by atoms with van der Waals surface area (Å²) < 4.78 is 115. The zero-order valence-corrected chi connectivity index (χ0v) is 92.9. The van der Waals surface area contributed by atoms with Crippen molar-refractivity contribution >= 4 is 48.7 Å². The molecule has 4 heterocycles. The van der Waals surface area contributed by atoms with Gasteiger partial charge < -0.3 is 156 Å². The Hall–Kier alpha value is -5.68. The third-order valence-electron chi connectivity index (χ3n) is 26.5. The number of aromatic amines is 1. The van der Waals surface area contributed by atoms with E-state index in [0.29, 0.717) is 357 Å². The van der Waals surface area contributed by atoms with Crippen LogP contribution in [0.1, 0.15) is 264 Å². The third-order valence-corrected chi connectivity index (χ3v) is 27.7. The van der Waals surface area contributed by atoms with E-state index in [2.05, 4.69) is 135 Å². The second-order valence-electron chi connectivity index (χ2n) is 37.5. The molecule has 1 aromatic rings. The van der Waals surface area contributed by atoms with E-state index in [9.17, 15) is 33.7 Å². The van der Waals surface area contributed by atoms with Crippen LogP contribution in [-0.2, 0) is 123 Å². The third kappa shape index (κ3) is 71.7. The average molecular weight is 2100 g/mol. The Bertz CT molecular complexity index is 3130. The second kappa shape index (κ2) is 92.1. The number of amides is 1. The van der Waals surface area contributed by atoms with Crippen molar-refractivity contribution in [2.24, 2.45) is 75.9 Å². The Morgan fingerprint density at radius 2 is 0.634 bits per heavy atom. The Morgan fingerprint density at radius 1 is 0.359 bits per heavy atom. The number of ether oxygens (including phenoxy) is 18. The predicted molar refractivity (Wildman–Crippen MR) is 564 cm³/mol. The molecule has 3 aliphatic rings. The number of rotatable bonds is 90. The van der Waals surface area contributed by atoms with Gasteiger partial charge in [-0.05, 0) is 126 Å². The van der Waals surface area contributed by atoms with Gasteiger partial charge in [-0.3, -0.25) is 28.8 Å². The normalized spacial score (nSPS) is 22.0. The van der Waals surface area contributed by atoms with Crippen LogP contribution in [0.3, 0.4) is 0 Å². The summed E-state index contributed by atoms with van der Waals surface area (Å²) in [4.78, 5) is 87.7. The van der Waals surface area contributed by atoms with Crippen LogP contribution in [0.2, 0.25) is 0 Å². The van der Waals surface area contributed by atoms with Gasteiger partial charge >= 0.3 is 0 Å². The fourth-order valence-electron chi connectivity index (χ4n) is 16.1.